The van der Waals surface area contributed by atoms with Crippen LogP contribution >= 0.6 is 0 Å². The molecule has 0 aliphatic heterocycles. The van der Waals surface area contributed by atoms with Gasteiger partial charge < -0.3 is 19.1 Å². The minimum atomic E-state index is -0.0905. The van der Waals surface area contributed by atoms with Crippen LogP contribution in [0.25, 0.3) is 0 Å². The number of nitrogens with zero attached hydrogens (tertiary/aromatic N) is 1. The fraction of sp³-hybridized carbons (Fsp3) is 0.857. The van der Waals surface area contributed by atoms with Gasteiger partial charge in [0, 0.05) is 19.4 Å². The highest BCUT2D eigenvalue weighted by Crippen LogP contribution is 2.22. The summed E-state index contributed by atoms with van der Waals surface area (Å²) >= 11 is 0. The zero-order chi connectivity index (χ0) is 41.3. The number of carbonyl (C=O) groups excluding carboxylic acids is 3. The molecule has 0 aromatic rings. The summed E-state index contributed by atoms with van der Waals surface area (Å²) < 4.78 is 16.8. The molecule has 0 aliphatic carbocycles. The Morgan fingerprint density at radius 2 is 0.804 bits per heavy atom. The zero-order valence-electron chi connectivity index (χ0n) is 37.9. The molecule has 0 spiro atoms. The van der Waals surface area contributed by atoms with Crippen molar-refractivity contribution in [1.29, 1.82) is 0 Å². The molecule has 0 aliphatic rings. The summed E-state index contributed by atoms with van der Waals surface area (Å²) in [6, 6.07) is 0. The molecule has 0 heterocycles. The standard InChI is InChI=1S/C49H91NO6/c1-7-11-21-30-44(31-22-12-8-2)38-42-54-47(51)36-27-19-15-17-25-34-46(49(53)56-41-29-40-50(5)6)35-26-18-16-20-28-37-48(52)55-43-39-45(32-23-13-9-3)33-24-14-10-4/h38-39,46H,7-37,40-43H2,1-6H3. The molecule has 0 fully saturated rings. The SMILES string of the molecule is CCCCCC(=CCOC(=O)CCCCCCCC(CCCCCCCC(=O)OCC=C(CCCCC)CCCCC)C(=O)OCCCN(C)C)CCCCC. The summed E-state index contributed by atoms with van der Waals surface area (Å²) in [5.41, 5.74) is 2.90. The van der Waals surface area contributed by atoms with Crippen molar-refractivity contribution in [2.75, 3.05) is 40.5 Å². The van der Waals surface area contributed by atoms with Crippen LogP contribution in [-0.4, -0.2) is 63.3 Å². The second kappa shape index (κ2) is 41.0. The monoisotopic (exact) mass is 790 g/mol. The summed E-state index contributed by atoms with van der Waals surface area (Å²) in [5.74, 6) is -0.280. The Labute approximate surface area is 346 Å². The van der Waals surface area contributed by atoms with Crippen molar-refractivity contribution < 1.29 is 28.6 Å². The molecular formula is C49H91NO6. The number of ether oxygens (including phenoxy) is 3. The molecule has 0 atom stereocenters. The van der Waals surface area contributed by atoms with Crippen LogP contribution in [0.3, 0.4) is 0 Å². The first kappa shape index (κ1) is 53.9. The van der Waals surface area contributed by atoms with Crippen molar-refractivity contribution in [1.82, 2.24) is 4.90 Å². The smallest absolute Gasteiger partial charge is 0.308 e. The summed E-state index contributed by atoms with van der Waals surface area (Å²) in [7, 11) is 4.07. The van der Waals surface area contributed by atoms with E-state index in [1.54, 1.807) is 0 Å². The number of allylic oxidation sites excluding steroid dienone is 2. The van der Waals surface area contributed by atoms with Crippen molar-refractivity contribution >= 4 is 17.9 Å². The van der Waals surface area contributed by atoms with E-state index in [1.807, 2.05) is 14.1 Å². The second-order valence-electron chi connectivity index (χ2n) is 16.6. The Bertz CT molecular complexity index is 901. The quantitative estimate of drug-likeness (QED) is 0.0264. The van der Waals surface area contributed by atoms with Crippen LogP contribution in [-0.2, 0) is 28.6 Å². The zero-order valence-corrected chi connectivity index (χ0v) is 37.9. The average Bonchev–Trinajstić information content (AvgIpc) is 3.17. The Kier molecular flexibility index (Phi) is 39.5. The number of esters is 3. The highest BCUT2D eigenvalue weighted by Gasteiger charge is 2.19. The Balaban J connectivity index is 4.46. The van der Waals surface area contributed by atoms with Gasteiger partial charge in [0.2, 0.25) is 0 Å². The van der Waals surface area contributed by atoms with Gasteiger partial charge in [0.15, 0.2) is 0 Å². The summed E-state index contributed by atoms with van der Waals surface area (Å²) in [6.45, 7) is 11.1. The van der Waals surface area contributed by atoms with Crippen LogP contribution in [0.2, 0.25) is 0 Å². The Morgan fingerprint density at radius 1 is 0.446 bits per heavy atom. The van der Waals surface area contributed by atoms with E-state index in [1.165, 1.54) is 88.2 Å². The van der Waals surface area contributed by atoms with Crippen LogP contribution in [0.4, 0.5) is 0 Å². The van der Waals surface area contributed by atoms with Crippen LogP contribution in [0, 0.1) is 5.92 Å². The van der Waals surface area contributed by atoms with Crippen LogP contribution < -0.4 is 0 Å². The maximum absolute atomic E-state index is 13.0. The van der Waals surface area contributed by atoms with Crippen LogP contribution in [0.15, 0.2) is 23.3 Å². The van der Waals surface area contributed by atoms with E-state index < -0.39 is 0 Å². The average molecular weight is 790 g/mol. The van der Waals surface area contributed by atoms with Gasteiger partial charge in [-0.3, -0.25) is 14.4 Å². The lowest BCUT2D eigenvalue weighted by molar-refractivity contribution is -0.149. The van der Waals surface area contributed by atoms with Gasteiger partial charge in [-0.1, -0.05) is 142 Å². The summed E-state index contributed by atoms with van der Waals surface area (Å²) in [5, 5.41) is 0. The maximum Gasteiger partial charge on any atom is 0.308 e. The highest BCUT2D eigenvalue weighted by atomic mass is 16.5. The normalized spacial score (nSPS) is 11.2. The number of rotatable bonds is 41. The van der Waals surface area contributed by atoms with Crippen molar-refractivity contribution in [3.05, 3.63) is 23.3 Å². The molecule has 7 nitrogen and oxygen atoms in total. The third kappa shape index (κ3) is 36.2. The van der Waals surface area contributed by atoms with Gasteiger partial charge >= 0.3 is 17.9 Å². The molecule has 0 unspecified atom stereocenters. The van der Waals surface area contributed by atoms with E-state index in [4.69, 9.17) is 14.2 Å². The molecule has 0 saturated carbocycles. The number of carbonyl (C=O) groups is 3. The first-order valence-corrected chi connectivity index (χ1v) is 23.8. The molecule has 0 saturated heterocycles. The molecule has 0 radical (unpaired) electrons. The van der Waals surface area contributed by atoms with E-state index in [9.17, 15) is 14.4 Å². The fourth-order valence-corrected chi connectivity index (χ4v) is 7.15. The number of unbranched alkanes of at least 4 members (excludes halogenated alkanes) is 16. The lowest BCUT2D eigenvalue weighted by Crippen LogP contribution is -2.21. The first-order valence-electron chi connectivity index (χ1n) is 23.8. The predicted octanol–water partition coefficient (Wildman–Crippen LogP) is 13.8. The summed E-state index contributed by atoms with van der Waals surface area (Å²) in [4.78, 5) is 39.9. The lowest BCUT2D eigenvalue weighted by atomic mass is 9.94. The molecular weight excluding hydrogens is 699 g/mol. The third-order valence-corrected chi connectivity index (χ3v) is 10.8. The van der Waals surface area contributed by atoms with E-state index >= 15 is 0 Å². The van der Waals surface area contributed by atoms with Crippen LogP contribution in [0.5, 0.6) is 0 Å². The van der Waals surface area contributed by atoms with Crippen molar-refractivity contribution in [2.45, 2.75) is 227 Å². The number of hydrogen-bond acceptors (Lipinski definition) is 7. The van der Waals surface area contributed by atoms with E-state index in [-0.39, 0.29) is 23.8 Å². The molecule has 0 aromatic carbocycles. The summed E-state index contributed by atoms with van der Waals surface area (Å²) in [6.07, 6.45) is 37.1. The van der Waals surface area contributed by atoms with E-state index in [0.717, 1.165) is 116 Å². The van der Waals surface area contributed by atoms with Gasteiger partial charge in [0.25, 0.3) is 0 Å². The minimum Gasteiger partial charge on any atom is -0.465 e. The molecule has 0 bridgehead atoms. The van der Waals surface area contributed by atoms with Gasteiger partial charge in [-0.15, -0.1) is 0 Å². The van der Waals surface area contributed by atoms with E-state index in [0.29, 0.717) is 32.7 Å². The van der Waals surface area contributed by atoms with Gasteiger partial charge in [-0.05, 0) is 110 Å². The molecule has 0 rings (SSSR count). The third-order valence-electron chi connectivity index (χ3n) is 10.8. The predicted molar refractivity (Wildman–Crippen MR) is 237 cm³/mol. The molecule has 0 amide bonds. The van der Waals surface area contributed by atoms with Crippen molar-refractivity contribution in [3.63, 3.8) is 0 Å². The van der Waals surface area contributed by atoms with Crippen molar-refractivity contribution in [3.8, 4) is 0 Å². The lowest BCUT2D eigenvalue weighted by Gasteiger charge is -2.17. The highest BCUT2D eigenvalue weighted by molar-refractivity contribution is 5.72. The molecule has 7 heteroatoms. The van der Waals surface area contributed by atoms with E-state index in [2.05, 4.69) is 44.7 Å². The van der Waals surface area contributed by atoms with Gasteiger partial charge in [-0.25, -0.2) is 0 Å². The molecule has 0 N–H and O–H groups in total. The molecule has 56 heavy (non-hydrogen) atoms. The van der Waals surface area contributed by atoms with Crippen molar-refractivity contribution in [2.24, 2.45) is 5.92 Å². The first-order chi connectivity index (χ1) is 27.3. The second-order valence-corrected chi connectivity index (χ2v) is 16.6. The van der Waals surface area contributed by atoms with Gasteiger partial charge in [0.05, 0.1) is 12.5 Å². The van der Waals surface area contributed by atoms with Gasteiger partial charge in [-0.2, -0.15) is 0 Å². The van der Waals surface area contributed by atoms with Gasteiger partial charge in [0.1, 0.15) is 13.2 Å². The molecule has 0 aromatic heterocycles. The molecule has 328 valence electrons. The number of hydrogen-bond donors (Lipinski definition) is 0. The topological polar surface area (TPSA) is 82.1 Å². The largest absolute Gasteiger partial charge is 0.465 e. The fourth-order valence-electron chi connectivity index (χ4n) is 7.15. The van der Waals surface area contributed by atoms with Crippen LogP contribution in [0.1, 0.15) is 227 Å². The maximum atomic E-state index is 13.0. The minimum absolute atomic E-state index is 0.0462. The Hall–Kier alpha value is -2.15. The Morgan fingerprint density at radius 3 is 1.18 bits per heavy atom.